The maximum absolute atomic E-state index is 12.9. The van der Waals surface area contributed by atoms with Crippen molar-refractivity contribution in [1.29, 1.82) is 0 Å². The lowest BCUT2D eigenvalue weighted by molar-refractivity contribution is -0.131. The van der Waals surface area contributed by atoms with E-state index in [1.54, 1.807) is 23.6 Å². The summed E-state index contributed by atoms with van der Waals surface area (Å²) in [5, 5.41) is 0. The van der Waals surface area contributed by atoms with Gasteiger partial charge in [-0.1, -0.05) is 42.5 Å². The first-order valence-corrected chi connectivity index (χ1v) is 9.50. The van der Waals surface area contributed by atoms with Gasteiger partial charge in [-0.25, -0.2) is 4.98 Å². The Morgan fingerprint density at radius 2 is 1.71 bits per heavy atom. The number of hydrogen-bond acceptors (Lipinski definition) is 4. The molecule has 2 aromatic carbocycles. The number of amides is 1. The van der Waals surface area contributed by atoms with Gasteiger partial charge < -0.3 is 14.4 Å². The van der Waals surface area contributed by atoms with E-state index < -0.39 is 0 Å². The number of para-hydroxylation sites is 2. The number of nitrogens with zero attached hydrogens (tertiary/aromatic N) is 4. The largest absolute Gasteiger partial charge is 0.358 e. The van der Waals surface area contributed by atoms with E-state index in [9.17, 15) is 9.59 Å². The summed E-state index contributed by atoms with van der Waals surface area (Å²) < 4.78 is 1.66. The van der Waals surface area contributed by atoms with Gasteiger partial charge in [0, 0.05) is 40.2 Å². The highest BCUT2D eigenvalue weighted by Gasteiger charge is 2.16. The van der Waals surface area contributed by atoms with Crippen molar-refractivity contribution in [2.45, 2.75) is 26.4 Å². The van der Waals surface area contributed by atoms with Crippen molar-refractivity contribution in [3.05, 3.63) is 70.5 Å². The molecule has 6 heteroatoms. The third kappa shape index (κ3) is 4.22. The van der Waals surface area contributed by atoms with Crippen LogP contribution in [0.5, 0.6) is 0 Å². The molecular weight excluding hydrogens is 352 g/mol. The number of rotatable bonds is 7. The van der Waals surface area contributed by atoms with Crippen molar-refractivity contribution in [3.63, 3.8) is 0 Å². The fraction of sp³-hybridized carbons (Fsp3) is 0.318. The van der Waals surface area contributed by atoms with Crippen LogP contribution in [0, 0.1) is 0 Å². The molecule has 1 amide bonds. The van der Waals surface area contributed by atoms with Crippen LogP contribution in [0.1, 0.15) is 18.9 Å². The second kappa shape index (κ2) is 8.69. The summed E-state index contributed by atoms with van der Waals surface area (Å²) in [7, 11) is 3.60. The standard InChI is InChI=1S/C22H26N4O2/c1-4-25(16-17-10-6-5-7-11-17)20(27)14-15-26-19-13-9-8-12-18(19)23-21(22(26)28)24(2)3/h5-13H,4,14-16H2,1-3H3. The molecule has 0 aliphatic carbocycles. The molecule has 0 aliphatic heterocycles. The summed E-state index contributed by atoms with van der Waals surface area (Å²) in [6, 6.07) is 17.5. The number of anilines is 1. The van der Waals surface area contributed by atoms with Gasteiger partial charge in [-0.15, -0.1) is 0 Å². The van der Waals surface area contributed by atoms with Gasteiger partial charge >= 0.3 is 0 Å². The molecule has 1 heterocycles. The van der Waals surface area contributed by atoms with E-state index >= 15 is 0 Å². The Morgan fingerprint density at radius 3 is 2.39 bits per heavy atom. The second-order valence-electron chi connectivity index (χ2n) is 6.92. The van der Waals surface area contributed by atoms with Gasteiger partial charge in [0.2, 0.25) is 5.91 Å². The summed E-state index contributed by atoms with van der Waals surface area (Å²) in [6.07, 6.45) is 0.265. The van der Waals surface area contributed by atoms with Crippen LogP contribution >= 0.6 is 0 Å². The van der Waals surface area contributed by atoms with Gasteiger partial charge in [0.1, 0.15) is 0 Å². The van der Waals surface area contributed by atoms with Crippen molar-refractivity contribution in [1.82, 2.24) is 14.5 Å². The van der Waals surface area contributed by atoms with Crippen molar-refractivity contribution in [2.75, 3.05) is 25.5 Å². The van der Waals surface area contributed by atoms with Crippen molar-refractivity contribution in [3.8, 4) is 0 Å². The smallest absolute Gasteiger partial charge is 0.293 e. The molecule has 0 spiro atoms. The number of fused-ring (bicyclic) bond motifs is 1. The highest BCUT2D eigenvalue weighted by atomic mass is 16.2. The summed E-state index contributed by atoms with van der Waals surface area (Å²) >= 11 is 0. The Hall–Kier alpha value is -3.15. The molecule has 0 bridgehead atoms. The van der Waals surface area contributed by atoms with Crippen molar-refractivity contribution in [2.24, 2.45) is 0 Å². The van der Waals surface area contributed by atoms with Crippen LogP contribution in [0.15, 0.2) is 59.4 Å². The Kier molecular flexibility index (Phi) is 6.09. The molecule has 3 aromatic rings. The van der Waals surface area contributed by atoms with Gasteiger partial charge in [-0.2, -0.15) is 0 Å². The molecule has 3 rings (SSSR count). The minimum atomic E-state index is -0.178. The van der Waals surface area contributed by atoms with Crippen LogP contribution in [0.4, 0.5) is 5.82 Å². The third-order valence-corrected chi connectivity index (χ3v) is 4.76. The first-order valence-electron chi connectivity index (χ1n) is 9.50. The number of benzene rings is 2. The molecule has 0 atom stereocenters. The fourth-order valence-corrected chi connectivity index (χ4v) is 3.24. The zero-order chi connectivity index (χ0) is 20.1. The fourth-order valence-electron chi connectivity index (χ4n) is 3.24. The second-order valence-corrected chi connectivity index (χ2v) is 6.92. The monoisotopic (exact) mass is 378 g/mol. The molecule has 1 aromatic heterocycles. The van der Waals surface area contributed by atoms with Crippen molar-refractivity contribution >= 4 is 22.8 Å². The molecule has 146 valence electrons. The van der Waals surface area contributed by atoms with Gasteiger partial charge in [-0.3, -0.25) is 9.59 Å². The summed E-state index contributed by atoms with van der Waals surface area (Å²) in [4.78, 5) is 33.7. The molecule has 0 saturated carbocycles. The summed E-state index contributed by atoms with van der Waals surface area (Å²) in [6.45, 7) is 3.50. The number of aromatic nitrogens is 2. The minimum absolute atomic E-state index is 0.0329. The predicted octanol–water partition coefficient (Wildman–Crippen LogP) is 2.90. The van der Waals surface area contributed by atoms with E-state index in [1.807, 2.05) is 66.4 Å². The Bertz CT molecular complexity index is 1010. The van der Waals surface area contributed by atoms with Crippen LogP contribution < -0.4 is 10.5 Å². The molecule has 6 nitrogen and oxygen atoms in total. The van der Waals surface area contributed by atoms with E-state index in [4.69, 9.17) is 0 Å². The number of carbonyl (C=O) groups excluding carboxylic acids is 1. The van der Waals surface area contributed by atoms with E-state index in [1.165, 1.54) is 0 Å². The minimum Gasteiger partial charge on any atom is -0.358 e. The molecule has 28 heavy (non-hydrogen) atoms. The maximum Gasteiger partial charge on any atom is 0.293 e. The number of hydrogen-bond donors (Lipinski definition) is 0. The van der Waals surface area contributed by atoms with E-state index in [0.29, 0.717) is 25.5 Å². The van der Waals surface area contributed by atoms with Crippen LogP contribution in [0.2, 0.25) is 0 Å². The van der Waals surface area contributed by atoms with E-state index in [-0.39, 0.29) is 17.9 Å². The Balaban J connectivity index is 1.83. The van der Waals surface area contributed by atoms with Crippen LogP contribution in [-0.4, -0.2) is 41.0 Å². The number of aryl methyl sites for hydroxylation is 1. The lowest BCUT2D eigenvalue weighted by Crippen LogP contribution is -2.33. The van der Waals surface area contributed by atoms with Gasteiger partial charge in [0.15, 0.2) is 5.82 Å². The SMILES string of the molecule is CCN(Cc1ccccc1)C(=O)CCn1c(=O)c(N(C)C)nc2ccccc21. The lowest BCUT2D eigenvalue weighted by Gasteiger charge is -2.22. The Labute approximate surface area is 165 Å². The molecule has 0 radical (unpaired) electrons. The van der Waals surface area contributed by atoms with Gasteiger partial charge in [0.25, 0.3) is 5.56 Å². The van der Waals surface area contributed by atoms with Crippen LogP contribution in [-0.2, 0) is 17.9 Å². The van der Waals surface area contributed by atoms with Gasteiger partial charge in [-0.05, 0) is 24.6 Å². The van der Waals surface area contributed by atoms with E-state index in [2.05, 4.69) is 4.98 Å². The van der Waals surface area contributed by atoms with Crippen LogP contribution in [0.3, 0.4) is 0 Å². The van der Waals surface area contributed by atoms with E-state index in [0.717, 1.165) is 16.6 Å². The highest BCUT2D eigenvalue weighted by molar-refractivity contribution is 5.78. The molecule has 0 saturated heterocycles. The summed E-state index contributed by atoms with van der Waals surface area (Å²) in [5.74, 6) is 0.410. The molecule has 0 unspecified atom stereocenters. The topological polar surface area (TPSA) is 58.4 Å². The van der Waals surface area contributed by atoms with Crippen LogP contribution in [0.25, 0.3) is 11.0 Å². The average molecular weight is 378 g/mol. The lowest BCUT2D eigenvalue weighted by atomic mass is 10.2. The zero-order valence-electron chi connectivity index (χ0n) is 16.6. The first-order chi connectivity index (χ1) is 13.5. The quantitative estimate of drug-likeness (QED) is 0.634. The first kappa shape index (κ1) is 19.6. The Morgan fingerprint density at radius 1 is 1.04 bits per heavy atom. The highest BCUT2D eigenvalue weighted by Crippen LogP contribution is 2.14. The average Bonchev–Trinajstić information content (AvgIpc) is 2.71. The summed E-state index contributed by atoms with van der Waals surface area (Å²) in [5.41, 5.74) is 2.41. The molecule has 0 aliphatic rings. The van der Waals surface area contributed by atoms with Crippen molar-refractivity contribution < 1.29 is 4.79 Å². The molecular formula is C22H26N4O2. The maximum atomic E-state index is 12.9. The molecule has 0 N–H and O–H groups in total. The zero-order valence-corrected chi connectivity index (χ0v) is 16.6. The number of carbonyl (C=O) groups is 1. The normalized spacial score (nSPS) is 10.8. The van der Waals surface area contributed by atoms with Gasteiger partial charge in [0.05, 0.1) is 11.0 Å². The molecule has 0 fully saturated rings. The predicted molar refractivity (Wildman–Crippen MR) is 112 cm³/mol. The third-order valence-electron chi connectivity index (χ3n) is 4.76.